The highest BCUT2D eigenvalue weighted by Gasteiger charge is 2.22. The van der Waals surface area contributed by atoms with E-state index in [0.29, 0.717) is 23.6 Å². The van der Waals surface area contributed by atoms with E-state index < -0.39 is 5.97 Å². The second kappa shape index (κ2) is 10.1. The molecule has 0 aliphatic heterocycles. The van der Waals surface area contributed by atoms with Crippen LogP contribution in [0.3, 0.4) is 0 Å². The van der Waals surface area contributed by atoms with Crippen molar-refractivity contribution in [1.29, 1.82) is 0 Å². The number of phenolic OH excluding ortho intramolecular Hbond substituents is 1. The molecule has 0 bridgehead atoms. The van der Waals surface area contributed by atoms with E-state index in [-0.39, 0.29) is 11.3 Å². The number of rotatable bonds is 8. The average molecular weight is 448 g/mol. The van der Waals surface area contributed by atoms with Crippen molar-refractivity contribution in [2.45, 2.75) is 27.3 Å². The normalized spacial score (nSPS) is 11.2. The molecule has 0 amide bonds. The lowest BCUT2D eigenvalue weighted by molar-refractivity contribution is -0.132. The molecule has 0 saturated heterocycles. The van der Waals surface area contributed by atoms with Gasteiger partial charge in [-0.05, 0) is 62.2 Å². The van der Waals surface area contributed by atoms with Crippen LogP contribution in [0.1, 0.15) is 29.2 Å². The first-order chi connectivity index (χ1) is 15.8. The zero-order valence-corrected chi connectivity index (χ0v) is 19.5. The second-order valence-electron chi connectivity index (χ2n) is 7.84. The van der Waals surface area contributed by atoms with Gasteiger partial charge in [0.25, 0.3) is 0 Å². The Balaban J connectivity index is 1.99. The van der Waals surface area contributed by atoms with Crippen LogP contribution in [0, 0.1) is 13.8 Å². The molecule has 0 atom stereocenters. The van der Waals surface area contributed by atoms with E-state index in [9.17, 15) is 15.0 Å². The first kappa shape index (κ1) is 23.7. The molecule has 6 nitrogen and oxygen atoms in total. The van der Waals surface area contributed by atoms with Gasteiger partial charge in [0.1, 0.15) is 17.2 Å². The van der Waals surface area contributed by atoms with Gasteiger partial charge in [0.15, 0.2) is 0 Å². The monoisotopic (exact) mass is 447 g/mol. The van der Waals surface area contributed by atoms with Gasteiger partial charge in [0.05, 0.1) is 14.2 Å². The SMILES string of the molecule is COc1c(C)c(-c2ccc(NCc3cccc(O)c3)cc2)c(OC)c(C)c1/C=C(\C)C(=O)O. The highest BCUT2D eigenvalue weighted by Crippen LogP contribution is 2.44. The molecule has 0 fully saturated rings. The number of methoxy groups -OCH3 is 2. The van der Waals surface area contributed by atoms with Gasteiger partial charge >= 0.3 is 5.97 Å². The van der Waals surface area contributed by atoms with Crippen LogP contribution in [-0.2, 0) is 11.3 Å². The number of benzene rings is 3. The number of nitrogens with one attached hydrogen (secondary N) is 1. The summed E-state index contributed by atoms with van der Waals surface area (Å²) in [5, 5.41) is 22.3. The molecule has 0 aliphatic rings. The Bertz CT molecular complexity index is 1200. The lowest BCUT2D eigenvalue weighted by Gasteiger charge is -2.21. The van der Waals surface area contributed by atoms with Crippen LogP contribution >= 0.6 is 0 Å². The van der Waals surface area contributed by atoms with Crippen LogP contribution in [0.25, 0.3) is 17.2 Å². The molecule has 0 radical (unpaired) electrons. The van der Waals surface area contributed by atoms with E-state index in [1.807, 2.05) is 50.2 Å². The number of ether oxygens (including phenoxy) is 2. The minimum absolute atomic E-state index is 0.216. The summed E-state index contributed by atoms with van der Waals surface area (Å²) in [6.45, 7) is 5.99. The van der Waals surface area contributed by atoms with E-state index in [4.69, 9.17) is 9.47 Å². The predicted molar refractivity (Wildman–Crippen MR) is 131 cm³/mol. The third-order valence-corrected chi connectivity index (χ3v) is 5.62. The van der Waals surface area contributed by atoms with E-state index in [1.54, 1.807) is 39.4 Å². The minimum Gasteiger partial charge on any atom is -0.508 e. The van der Waals surface area contributed by atoms with E-state index >= 15 is 0 Å². The van der Waals surface area contributed by atoms with Crippen LogP contribution in [0.2, 0.25) is 0 Å². The maximum atomic E-state index is 11.4. The largest absolute Gasteiger partial charge is 0.508 e. The lowest BCUT2D eigenvalue weighted by atomic mass is 9.91. The van der Waals surface area contributed by atoms with Crippen molar-refractivity contribution in [3.63, 3.8) is 0 Å². The number of aromatic hydroxyl groups is 1. The number of aliphatic carboxylic acids is 1. The van der Waals surface area contributed by atoms with Gasteiger partial charge in [0.2, 0.25) is 0 Å². The van der Waals surface area contributed by atoms with Crippen LogP contribution < -0.4 is 14.8 Å². The Morgan fingerprint density at radius 3 is 2.24 bits per heavy atom. The summed E-state index contributed by atoms with van der Waals surface area (Å²) in [6, 6.07) is 15.1. The minimum atomic E-state index is -0.981. The van der Waals surface area contributed by atoms with E-state index in [2.05, 4.69) is 5.32 Å². The number of phenols is 1. The summed E-state index contributed by atoms with van der Waals surface area (Å²) in [7, 11) is 3.19. The smallest absolute Gasteiger partial charge is 0.331 e. The lowest BCUT2D eigenvalue weighted by Crippen LogP contribution is -2.03. The van der Waals surface area contributed by atoms with Crippen molar-refractivity contribution >= 4 is 17.7 Å². The molecular formula is C27H29NO5. The fourth-order valence-electron chi connectivity index (χ4n) is 3.91. The molecule has 6 heteroatoms. The molecule has 3 aromatic carbocycles. The van der Waals surface area contributed by atoms with E-state index in [1.165, 1.54) is 0 Å². The fourth-order valence-corrected chi connectivity index (χ4v) is 3.91. The zero-order valence-electron chi connectivity index (χ0n) is 19.5. The fraction of sp³-hybridized carbons (Fsp3) is 0.222. The number of anilines is 1. The first-order valence-electron chi connectivity index (χ1n) is 10.6. The summed E-state index contributed by atoms with van der Waals surface area (Å²) in [6.07, 6.45) is 1.62. The summed E-state index contributed by atoms with van der Waals surface area (Å²) in [4.78, 5) is 11.4. The van der Waals surface area contributed by atoms with Gasteiger partial charge in [-0.15, -0.1) is 0 Å². The summed E-state index contributed by atoms with van der Waals surface area (Å²) >= 11 is 0. The zero-order chi connectivity index (χ0) is 24.1. The van der Waals surface area contributed by atoms with Crippen LogP contribution in [0.15, 0.2) is 54.1 Å². The maximum Gasteiger partial charge on any atom is 0.331 e. The highest BCUT2D eigenvalue weighted by molar-refractivity contribution is 5.93. The molecule has 172 valence electrons. The topological polar surface area (TPSA) is 88.0 Å². The molecule has 0 spiro atoms. The molecule has 3 rings (SSSR count). The molecule has 0 aromatic heterocycles. The molecule has 0 heterocycles. The Labute approximate surface area is 194 Å². The number of carboxylic acids is 1. The Morgan fingerprint density at radius 1 is 1.00 bits per heavy atom. The van der Waals surface area contributed by atoms with Crippen molar-refractivity contribution in [3.05, 3.63) is 76.4 Å². The summed E-state index contributed by atoms with van der Waals surface area (Å²) < 4.78 is 11.5. The summed E-state index contributed by atoms with van der Waals surface area (Å²) in [5.41, 5.74) is 6.37. The highest BCUT2D eigenvalue weighted by atomic mass is 16.5. The first-order valence-corrected chi connectivity index (χ1v) is 10.6. The van der Waals surface area contributed by atoms with Gasteiger partial charge < -0.3 is 25.0 Å². The quantitative estimate of drug-likeness (QED) is 0.379. The molecule has 0 saturated carbocycles. The number of hydrogen-bond acceptors (Lipinski definition) is 5. The number of carboxylic acid groups (broad SMARTS) is 1. The van der Waals surface area contributed by atoms with Gasteiger partial charge in [-0.3, -0.25) is 0 Å². The molecule has 3 aromatic rings. The van der Waals surface area contributed by atoms with E-state index in [0.717, 1.165) is 33.5 Å². The van der Waals surface area contributed by atoms with Gasteiger partial charge in [-0.2, -0.15) is 0 Å². The summed E-state index contributed by atoms with van der Waals surface area (Å²) in [5.74, 6) is 0.563. The Morgan fingerprint density at radius 2 is 1.67 bits per heavy atom. The van der Waals surface area contributed by atoms with Crippen molar-refractivity contribution < 1.29 is 24.5 Å². The maximum absolute atomic E-state index is 11.4. The average Bonchev–Trinajstić information content (AvgIpc) is 2.80. The van der Waals surface area contributed by atoms with Crippen molar-refractivity contribution in [2.24, 2.45) is 0 Å². The molecule has 33 heavy (non-hydrogen) atoms. The van der Waals surface area contributed by atoms with Crippen LogP contribution in [0.4, 0.5) is 5.69 Å². The van der Waals surface area contributed by atoms with Crippen molar-refractivity contribution in [3.8, 4) is 28.4 Å². The standard InChI is InChI=1S/C27H29NO5/c1-16(27(30)31)13-23-17(2)26(33-5)24(18(3)25(23)32-4)20-9-11-21(12-10-20)28-15-19-7-6-8-22(29)14-19/h6-14,28-29H,15H2,1-5H3,(H,30,31)/b16-13+. The van der Waals surface area contributed by atoms with Crippen LogP contribution in [0.5, 0.6) is 17.2 Å². The third kappa shape index (κ3) is 5.12. The van der Waals surface area contributed by atoms with Gasteiger partial charge in [-0.1, -0.05) is 24.3 Å². The Kier molecular flexibility index (Phi) is 7.28. The Hall–Kier alpha value is -3.93. The molecule has 0 aliphatic carbocycles. The van der Waals surface area contributed by atoms with Crippen molar-refractivity contribution in [2.75, 3.05) is 19.5 Å². The second-order valence-corrected chi connectivity index (χ2v) is 7.84. The van der Waals surface area contributed by atoms with Gasteiger partial charge in [0, 0.05) is 40.1 Å². The molecule has 0 unspecified atom stereocenters. The predicted octanol–water partition coefficient (Wildman–Crippen LogP) is 5.79. The number of carbonyl (C=O) groups is 1. The molecular weight excluding hydrogens is 418 g/mol. The van der Waals surface area contributed by atoms with Crippen molar-refractivity contribution in [1.82, 2.24) is 0 Å². The van der Waals surface area contributed by atoms with Crippen LogP contribution in [-0.4, -0.2) is 30.4 Å². The van der Waals surface area contributed by atoms with Gasteiger partial charge in [-0.25, -0.2) is 4.79 Å². The third-order valence-electron chi connectivity index (χ3n) is 5.62. The number of hydrogen-bond donors (Lipinski definition) is 3. The molecule has 3 N–H and O–H groups in total.